The smallest absolute Gasteiger partial charge is 0.409 e. The number of aliphatic carboxylic acids is 1. The van der Waals surface area contributed by atoms with Crippen LogP contribution in [0.1, 0.15) is 84.6 Å². The van der Waals surface area contributed by atoms with Crippen molar-refractivity contribution in [1.29, 1.82) is 0 Å². The van der Waals surface area contributed by atoms with Crippen LogP contribution >= 0.6 is 23.4 Å². The van der Waals surface area contributed by atoms with Crippen molar-refractivity contribution in [3.63, 3.8) is 0 Å². The molecule has 3 saturated heterocycles. The molecule has 1 saturated carbocycles. The number of esters is 1. The van der Waals surface area contributed by atoms with E-state index in [0.29, 0.717) is 43.5 Å². The maximum Gasteiger partial charge on any atom is 0.409 e. The minimum atomic E-state index is -1.88. The van der Waals surface area contributed by atoms with Gasteiger partial charge in [-0.15, -0.1) is 11.8 Å². The fraction of sp³-hybridized carbons (Fsp3) is 0.638. The molecule has 0 radical (unpaired) electrons. The first-order valence-electron chi connectivity index (χ1n) is 22.6. The van der Waals surface area contributed by atoms with Crippen LogP contribution in [-0.2, 0) is 54.1 Å². The number of benzene rings is 1. The summed E-state index contributed by atoms with van der Waals surface area (Å²) >= 11 is 8.00. The van der Waals surface area contributed by atoms with Crippen LogP contribution in [0.3, 0.4) is 0 Å². The van der Waals surface area contributed by atoms with Gasteiger partial charge in [-0.05, 0) is 76.5 Å². The molecule has 20 heteroatoms. The van der Waals surface area contributed by atoms with E-state index in [1.807, 2.05) is 13.0 Å². The Balaban J connectivity index is 1.16. The van der Waals surface area contributed by atoms with Gasteiger partial charge in [-0.1, -0.05) is 42.3 Å². The Hall–Kier alpha value is -4.69. The second kappa shape index (κ2) is 21.3. The summed E-state index contributed by atoms with van der Waals surface area (Å²) in [4.78, 5) is 96.2. The van der Waals surface area contributed by atoms with Gasteiger partial charge in [0, 0.05) is 58.7 Å². The van der Waals surface area contributed by atoms with E-state index in [0.717, 1.165) is 11.1 Å². The van der Waals surface area contributed by atoms with Crippen molar-refractivity contribution in [1.82, 2.24) is 15.1 Å². The minimum absolute atomic E-state index is 0.00460. The normalized spacial score (nSPS) is 33.1. The fourth-order valence-electron chi connectivity index (χ4n) is 9.51. The number of ether oxygens (including phenoxy) is 5. The van der Waals surface area contributed by atoms with Gasteiger partial charge in [-0.25, -0.2) is 9.59 Å². The van der Waals surface area contributed by atoms with E-state index < -0.39 is 88.7 Å². The standard InChI is InChI=1S/C47H63ClN4O14S/c1-25-10-9-11-35(63-8)47(61)23-33(64-45(60)49-47)26(2)41-46(4,66-41)36(22-38(54)51(6)31-19-29(18-25)20-32(62-7)40(31)48)65-44(59)27(3)50(5)37(53)16-17-67-34-21-39(55)52(42(34)56)24-28-12-14-30(15-13-28)43(57)58/h9-11,19-20,26-28,30,33-36,41,61H,12-18,21-24H2,1-8H3,(H,49,60)(H,57,58)/b11-9+,25-10+/t26-,27+,28-,30-,33+,34+,35-,36+,41+,46+,47+/m1/s1. The molecule has 4 aliphatic heterocycles. The molecule has 0 aromatic heterocycles. The van der Waals surface area contributed by atoms with Crippen LogP contribution in [0.2, 0.25) is 5.02 Å². The number of fused-ring (bicyclic) bond motifs is 5. The van der Waals surface area contributed by atoms with Gasteiger partial charge in [0.05, 0.1) is 36.5 Å². The third kappa shape index (κ3) is 11.6. The molecule has 9 atom stereocenters. The number of aliphatic hydroxyl groups is 1. The number of allylic oxidation sites excluding steroid dienone is 3. The number of epoxide rings is 1. The Morgan fingerprint density at radius 1 is 1.09 bits per heavy atom. The number of hydrogen-bond acceptors (Lipinski definition) is 14. The highest BCUT2D eigenvalue weighted by atomic mass is 35.5. The van der Waals surface area contributed by atoms with Crippen molar-refractivity contribution in [2.24, 2.45) is 17.8 Å². The molecule has 18 nitrogen and oxygen atoms in total. The molecule has 5 aliphatic rings. The molecular weight excluding hydrogens is 912 g/mol. The van der Waals surface area contributed by atoms with Crippen molar-refractivity contribution < 1.29 is 67.5 Å². The van der Waals surface area contributed by atoms with E-state index >= 15 is 0 Å². The van der Waals surface area contributed by atoms with E-state index in [2.05, 4.69) is 5.32 Å². The molecule has 1 aliphatic carbocycles. The van der Waals surface area contributed by atoms with E-state index in [1.54, 1.807) is 45.2 Å². The number of hydrogen-bond donors (Lipinski definition) is 3. The number of nitrogens with one attached hydrogen (secondary N) is 1. The topological polar surface area (TPSA) is 231 Å². The van der Waals surface area contributed by atoms with E-state index in [-0.39, 0.29) is 60.7 Å². The van der Waals surface area contributed by atoms with Gasteiger partial charge in [0.2, 0.25) is 23.6 Å². The number of carboxylic acid groups (broad SMARTS) is 1. The Bertz CT molecular complexity index is 2170. The van der Waals surface area contributed by atoms with Gasteiger partial charge < -0.3 is 43.7 Å². The van der Waals surface area contributed by atoms with E-state index in [4.69, 9.17) is 35.3 Å². The van der Waals surface area contributed by atoms with Crippen LogP contribution in [0, 0.1) is 17.8 Å². The zero-order valence-electron chi connectivity index (χ0n) is 39.3. The monoisotopic (exact) mass is 974 g/mol. The van der Waals surface area contributed by atoms with Gasteiger partial charge in [-0.3, -0.25) is 34.2 Å². The van der Waals surface area contributed by atoms with Crippen molar-refractivity contribution in [2.45, 2.75) is 133 Å². The number of carbonyl (C=O) groups is 7. The molecule has 5 amide bonds. The second-order valence-corrected chi connectivity index (χ2v) is 20.3. The number of halogens is 1. The molecule has 4 bridgehead atoms. The summed E-state index contributed by atoms with van der Waals surface area (Å²) in [7, 11) is 5.87. The number of alkyl carbamates (subject to hydrolysis) is 1. The fourth-order valence-corrected chi connectivity index (χ4v) is 10.9. The maximum absolute atomic E-state index is 14.3. The average Bonchev–Trinajstić information content (AvgIpc) is 3.91. The van der Waals surface area contributed by atoms with Crippen LogP contribution in [0.4, 0.5) is 10.5 Å². The van der Waals surface area contributed by atoms with Crippen molar-refractivity contribution in [2.75, 3.05) is 45.5 Å². The number of carboxylic acids is 1. The van der Waals surface area contributed by atoms with Crippen LogP contribution in [0.5, 0.6) is 5.75 Å². The van der Waals surface area contributed by atoms with Gasteiger partial charge >= 0.3 is 18.0 Å². The van der Waals surface area contributed by atoms with Gasteiger partial charge in [-0.2, -0.15) is 0 Å². The molecule has 1 aromatic rings. The Labute approximate surface area is 400 Å². The van der Waals surface area contributed by atoms with Gasteiger partial charge in [0.1, 0.15) is 40.7 Å². The molecule has 368 valence electrons. The zero-order valence-corrected chi connectivity index (χ0v) is 40.9. The second-order valence-electron chi connectivity index (χ2n) is 18.6. The third-order valence-electron chi connectivity index (χ3n) is 14.0. The molecule has 0 unspecified atom stereocenters. The van der Waals surface area contributed by atoms with Crippen LogP contribution in [-0.4, -0.2) is 149 Å². The Morgan fingerprint density at radius 3 is 2.45 bits per heavy atom. The summed E-state index contributed by atoms with van der Waals surface area (Å²) in [5.41, 5.74) is -1.16. The van der Waals surface area contributed by atoms with Crippen LogP contribution in [0.15, 0.2) is 35.9 Å². The number of imide groups is 1. The molecule has 1 aromatic carbocycles. The number of nitrogens with zero attached hydrogens (tertiary/aromatic N) is 3. The predicted octanol–water partition coefficient (Wildman–Crippen LogP) is 4.66. The van der Waals surface area contributed by atoms with Crippen molar-refractivity contribution in [3.8, 4) is 5.75 Å². The summed E-state index contributed by atoms with van der Waals surface area (Å²) in [6, 6.07) is 2.40. The molecule has 3 N–H and O–H groups in total. The maximum atomic E-state index is 14.3. The molecular formula is C47H63ClN4O14S. The largest absolute Gasteiger partial charge is 0.495 e. The summed E-state index contributed by atoms with van der Waals surface area (Å²) in [6.07, 6.45) is 2.63. The summed E-state index contributed by atoms with van der Waals surface area (Å²) in [5.74, 6) is -3.58. The van der Waals surface area contributed by atoms with Gasteiger partial charge in [0.25, 0.3) is 0 Å². The number of carbonyl (C=O) groups excluding carboxylic acids is 6. The number of anilines is 1. The lowest BCUT2D eigenvalue weighted by atomic mass is 9.82. The van der Waals surface area contributed by atoms with Crippen molar-refractivity contribution in [3.05, 3.63) is 46.5 Å². The SMILES string of the molecule is COc1cc2cc(c1Cl)N(C)C(=O)C[C@H](OC(=O)[C@H](C)N(C)C(=O)CCS[C@H]1CC(=O)N(C[C@H]3CC[C@H](C(=O)O)CC3)C1=O)[C@]1(C)O[C@H]1[C@H](C)[C@@H]1C[C@@](O)(NC(=O)O1)[C@H](OC)/C=C/C=C(\C)C2. The highest BCUT2D eigenvalue weighted by Gasteiger charge is 2.64. The summed E-state index contributed by atoms with van der Waals surface area (Å²) < 4.78 is 29.4. The third-order valence-corrected chi connectivity index (χ3v) is 15.6. The lowest BCUT2D eigenvalue weighted by Gasteiger charge is -2.42. The number of thioether (sulfide) groups is 1. The molecule has 4 fully saturated rings. The Kier molecular flexibility index (Phi) is 16.4. The molecule has 4 heterocycles. The first kappa shape index (κ1) is 51.7. The quantitative estimate of drug-likeness (QED) is 0.147. The highest BCUT2D eigenvalue weighted by molar-refractivity contribution is 8.00. The highest BCUT2D eigenvalue weighted by Crippen LogP contribution is 2.49. The summed E-state index contributed by atoms with van der Waals surface area (Å²) in [6.45, 7) is 7.10. The predicted molar refractivity (Wildman–Crippen MR) is 246 cm³/mol. The van der Waals surface area contributed by atoms with Crippen molar-refractivity contribution >= 4 is 70.7 Å². The lowest BCUT2D eigenvalue weighted by Crippen LogP contribution is -2.63. The Morgan fingerprint density at radius 2 is 1.79 bits per heavy atom. The molecule has 0 spiro atoms. The minimum Gasteiger partial charge on any atom is -0.495 e. The lowest BCUT2D eigenvalue weighted by molar-refractivity contribution is -0.162. The zero-order chi connectivity index (χ0) is 49.1. The number of likely N-dealkylation sites (N-methyl/N-ethyl adjacent to an activating group) is 1. The van der Waals surface area contributed by atoms with Crippen LogP contribution in [0.25, 0.3) is 0 Å². The summed E-state index contributed by atoms with van der Waals surface area (Å²) in [5, 5.41) is 23.2. The van der Waals surface area contributed by atoms with E-state index in [9.17, 15) is 43.8 Å². The first-order valence-corrected chi connectivity index (χ1v) is 24.1. The number of methoxy groups -OCH3 is 2. The number of rotatable bonds is 12. The van der Waals surface area contributed by atoms with E-state index in [1.165, 1.54) is 54.7 Å². The number of amides is 5. The molecule has 6 rings (SSSR count). The van der Waals surface area contributed by atoms with Gasteiger partial charge in [0.15, 0.2) is 5.72 Å². The molecule has 67 heavy (non-hydrogen) atoms. The average molecular weight is 976 g/mol. The first-order chi connectivity index (χ1) is 31.6. The van der Waals surface area contributed by atoms with Crippen LogP contribution < -0.4 is 15.0 Å². The number of likely N-dealkylation sites (tertiary alicyclic amines) is 1.